The van der Waals surface area contributed by atoms with E-state index in [1.165, 1.54) is 77.7 Å². The van der Waals surface area contributed by atoms with E-state index in [1.54, 1.807) is 0 Å². The fourth-order valence-electron chi connectivity index (χ4n) is 7.30. The average Bonchev–Trinajstić information content (AvgIpc) is 3.24. The van der Waals surface area contributed by atoms with Crippen molar-refractivity contribution < 1.29 is 0 Å². The van der Waals surface area contributed by atoms with Gasteiger partial charge >= 0.3 is 0 Å². The van der Waals surface area contributed by atoms with Gasteiger partial charge in [-0.05, 0) is 104 Å². The average molecular weight is 574 g/mol. The first-order chi connectivity index (χ1) is 22.3. The lowest BCUT2D eigenvalue weighted by Gasteiger charge is -2.24. The molecule has 2 aliphatic rings. The number of benzene rings is 7. The van der Waals surface area contributed by atoms with Crippen molar-refractivity contribution in [1.82, 2.24) is 0 Å². The molecule has 1 atom stereocenters. The van der Waals surface area contributed by atoms with Crippen molar-refractivity contribution in [3.63, 3.8) is 0 Å². The lowest BCUT2D eigenvalue weighted by atomic mass is 9.84. The molecule has 1 aliphatic heterocycles. The van der Waals surface area contributed by atoms with E-state index >= 15 is 0 Å². The molecule has 0 N–H and O–H groups in total. The molecule has 0 saturated heterocycles. The van der Waals surface area contributed by atoms with E-state index in [4.69, 9.17) is 4.99 Å². The van der Waals surface area contributed by atoms with Gasteiger partial charge in [0.25, 0.3) is 0 Å². The van der Waals surface area contributed by atoms with Crippen LogP contribution < -0.4 is 0 Å². The zero-order valence-electron chi connectivity index (χ0n) is 24.9. The monoisotopic (exact) mass is 573 g/mol. The Morgan fingerprint density at radius 3 is 1.78 bits per heavy atom. The summed E-state index contributed by atoms with van der Waals surface area (Å²) in [6.45, 7) is 0. The van der Waals surface area contributed by atoms with Gasteiger partial charge < -0.3 is 0 Å². The molecule has 1 heterocycles. The Morgan fingerprint density at radius 2 is 0.956 bits per heavy atom. The molecular formula is C44H31N. The zero-order chi connectivity index (χ0) is 29.7. The van der Waals surface area contributed by atoms with E-state index in [0.29, 0.717) is 5.92 Å². The van der Waals surface area contributed by atoms with Crippen molar-refractivity contribution >= 4 is 22.2 Å². The van der Waals surface area contributed by atoms with Crippen LogP contribution in [0.25, 0.3) is 55.3 Å². The van der Waals surface area contributed by atoms with Crippen LogP contribution in [-0.4, -0.2) is 5.71 Å². The molecule has 0 bridgehead atoms. The third-order valence-corrected chi connectivity index (χ3v) is 9.66. The number of hydrogen-bond acceptors (Lipinski definition) is 1. The topological polar surface area (TPSA) is 12.4 Å². The summed E-state index contributed by atoms with van der Waals surface area (Å²) in [6.07, 6.45) is 2.01. The number of para-hydroxylation sites is 1. The van der Waals surface area contributed by atoms with E-state index in [0.717, 1.165) is 18.5 Å². The minimum absolute atomic E-state index is 0.356. The van der Waals surface area contributed by atoms with Crippen molar-refractivity contribution in [2.75, 3.05) is 0 Å². The van der Waals surface area contributed by atoms with Gasteiger partial charge in [0.15, 0.2) is 0 Å². The van der Waals surface area contributed by atoms with Crippen LogP contribution in [-0.2, 0) is 12.8 Å². The number of rotatable bonds is 3. The van der Waals surface area contributed by atoms with Gasteiger partial charge in [-0.25, -0.2) is 0 Å². The molecule has 0 radical (unpaired) electrons. The third-order valence-electron chi connectivity index (χ3n) is 9.66. The summed E-state index contributed by atoms with van der Waals surface area (Å²) >= 11 is 0. The summed E-state index contributed by atoms with van der Waals surface area (Å²) in [5.74, 6) is 0.356. The second-order valence-corrected chi connectivity index (χ2v) is 12.4. The fraction of sp³-hybridized carbons (Fsp3) is 0.0682. The van der Waals surface area contributed by atoms with Crippen molar-refractivity contribution in [3.05, 3.63) is 174 Å². The Morgan fingerprint density at radius 1 is 0.378 bits per heavy atom. The minimum atomic E-state index is 0.356. The zero-order valence-corrected chi connectivity index (χ0v) is 24.9. The molecule has 212 valence electrons. The highest BCUT2D eigenvalue weighted by molar-refractivity contribution is 6.11. The number of aliphatic imine (C=N–C) groups is 1. The predicted molar refractivity (Wildman–Crippen MR) is 189 cm³/mol. The fourth-order valence-corrected chi connectivity index (χ4v) is 7.30. The molecule has 45 heavy (non-hydrogen) atoms. The molecule has 7 aromatic rings. The van der Waals surface area contributed by atoms with Crippen molar-refractivity contribution in [1.29, 1.82) is 0 Å². The van der Waals surface area contributed by atoms with Crippen LogP contribution in [0.5, 0.6) is 0 Å². The quantitative estimate of drug-likeness (QED) is 0.199. The molecule has 0 spiro atoms. The second-order valence-electron chi connectivity index (χ2n) is 12.4. The van der Waals surface area contributed by atoms with Crippen LogP contribution in [0.2, 0.25) is 0 Å². The molecule has 1 aliphatic carbocycles. The molecule has 9 rings (SSSR count). The van der Waals surface area contributed by atoms with Gasteiger partial charge in [0.05, 0.1) is 11.4 Å². The summed E-state index contributed by atoms with van der Waals surface area (Å²) in [7, 11) is 0. The summed E-state index contributed by atoms with van der Waals surface area (Å²) in [6, 6.07) is 57.8. The molecule has 0 saturated carbocycles. The Hall–Kier alpha value is -5.53. The molecule has 1 nitrogen and oxygen atoms in total. The van der Waals surface area contributed by atoms with Crippen LogP contribution in [0.4, 0.5) is 5.69 Å². The predicted octanol–water partition coefficient (Wildman–Crippen LogP) is 11.4. The van der Waals surface area contributed by atoms with Crippen LogP contribution in [0.3, 0.4) is 0 Å². The SMILES string of the molecule is c1ccc(-c2ccc3c(c2)-c2cc(-c4ccc(-c5ccc6ccccc6c5)cc4)ccc2C[C@H]2Cc4ccccc4N=C32)cc1. The first kappa shape index (κ1) is 25.9. The molecule has 0 fully saturated rings. The van der Waals surface area contributed by atoms with Gasteiger partial charge in [0.1, 0.15) is 0 Å². The van der Waals surface area contributed by atoms with Crippen LogP contribution in [0.1, 0.15) is 16.7 Å². The van der Waals surface area contributed by atoms with E-state index in [-0.39, 0.29) is 0 Å². The highest BCUT2D eigenvalue weighted by atomic mass is 14.8. The number of hydrogen-bond donors (Lipinski definition) is 0. The molecule has 0 aromatic heterocycles. The Bertz CT molecular complexity index is 2260. The molecule has 1 heteroatoms. The normalized spacial score (nSPS) is 14.8. The van der Waals surface area contributed by atoms with Crippen LogP contribution in [0, 0.1) is 5.92 Å². The van der Waals surface area contributed by atoms with E-state index < -0.39 is 0 Å². The Balaban J connectivity index is 1.16. The molecule has 0 unspecified atom stereocenters. The van der Waals surface area contributed by atoms with Gasteiger partial charge in [-0.15, -0.1) is 0 Å². The second kappa shape index (κ2) is 10.6. The van der Waals surface area contributed by atoms with Gasteiger partial charge in [-0.2, -0.15) is 0 Å². The smallest absolute Gasteiger partial charge is 0.0665 e. The van der Waals surface area contributed by atoms with Crippen LogP contribution >= 0.6 is 0 Å². The maximum Gasteiger partial charge on any atom is 0.0665 e. The van der Waals surface area contributed by atoms with E-state index in [1.807, 2.05) is 0 Å². The molecule has 7 aromatic carbocycles. The lowest BCUT2D eigenvalue weighted by Crippen LogP contribution is -2.22. The van der Waals surface area contributed by atoms with E-state index in [2.05, 4.69) is 158 Å². The number of fused-ring (bicyclic) bond motifs is 7. The molecular weight excluding hydrogens is 542 g/mol. The van der Waals surface area contributed by atoms with Gasteiger partial charge in [-0.3, -0.25) is 4.99 Å². The third kappa shape index (κ3) is 4.60. The minimum Gasteiger partial charge on any atom is -0.252 e. The summed E-state index contributed by atoms with van der Waals surface area (Å²) < 4.78 is 0. The summed E-state index contributed by atoms with van der Waals surface area (Å²) in [4.78, 5) is 5.31. The standard InChI is InChI=1S/C44H31N/c1-2-8-29(9-3-1)36-22-23-40-42(28-36)41-27-35(20-21-37(41)25-39-26-38-12-6-7-13-43(38)45-44(39)40)32-16-14-31(15-17-32)34-19-18-30-10-4-5-11-33(30)24-34/h1-24,27-28,39H,25-26H2/t39-/m0/s1. The Labute approximate surface area is 264 Å². The first-order valence-corrected chi connectivity index (χ1v) is 15.9. The first-order valence-electron chi connectivity index (χ1n) is 15.9. The summed E-state index contributed by atoms with van der Waals surface area (Å²) in [5, 5.41) is 2.54. The highest BCUT2D eigenvalue weighted by Crippen LogP contribution is 2.43. The van der Waals surface area contributed by atoms with Crippen LogP contribution in [0.15, 0.2) is 163 Å². The largest absolute Gasteiger partial charge is 0.252 e. The highest BCUT2D eigenvalue weighted by Gasteiger charge is 2.31. The molecule has 0 amide bonds. The van der Waals surface area contributed by atoms with Gasteiger partial charge in [-0.1, -0.05) is 133 Å². The maximum atomic E-state index is 5.31. The van der Waals surface area contributed by atoms with Gasteiger partial charge in [0, 0.05) is 11.5 Å². The van der Waals surface area contributed by atoms with E-state index in [9.17, 15) is 0 Å². The lowest BCUT2D eigenvalue weighted by molar-refractivity contribution is 0.678. The van der Waals surface area contributed by atoms with Crippen molar-refractivity contribution in [2.24, 2.45) is 10.9 Å². The summed E-state index contributed by atoms with van der Waals surface area (Å²) in [5.41, 5.74) is 16.4. The van der Waals surface area contributed by atoms with Crippen molar-refractivity contribution in [3.8, 4) is 44.5 Å². The van der Waals surface area contributed by atoms with Gasteiger partial charge in [0.2, 0.25) is 0 Å². The Kier molecular flexibility index (Phi) is 6.09. The van der Waals surface area contributed by atoms with Crippen molar-refractivity contribution in [2.45, 2.75) is 12.8 Å². The number of nitrogens with zero attached hydrogens (tertiary/aromatic N) is 1. The maximum absolute atomic E-state index is 5.31.